The fraction of sp³-hybridized carbons (Fsp3) is 1.00. The summed E-state index contributed by atoms with van der Waals surface area (Å²) in [7, 11) is -3.06. The van der Waals surface area contributed by atoms with Gasteiger partial charge in [-0.1, -0.05) is 27.2 Å². The van der Waals surface area contributed by atoms with E-state index < -0.39 is 14.6 Å². The van der Waals surface area contributed by atoms with Gasteiger partial charge in [0.05, 0.1) is 4.75 Å². The van der Waals surface area contributed by atoms with E-state index >= 15 is 0 Å². The van der Waals surface area contributed by atoms with Crippen LogP contribution in [0.3, 0.4) is 0 Å². The van der Waals surface area contributed by atoms with Gasteiger partial charge in [0.15, 0.2) is 9.84 Å². The van der Waals surface area contributed by atoms with Crippen molar-refractivity contribution in [2.45, 2.75) is 64.7 Å². The molecule has 0 aromatic heterocycles. The van der Waals surface area contributed by atoms with Crippen LogP contribution in [0, 0.1) is 5.92 Å². The Kier molecular flexibility index (Phi) is 6.70. The Labute approximate surface area is 107 Å². The zero-order valence-electron chi connectivity index (χ0n) is 12.2. The first-order valence-electron chi connectivity index (χ1n) is 6.61. The third-order valence-electron chi connectivity index (χ3n) is 3.63. The van der Waals surface area contributed by atoms with Gasteiger partial charge >= 0.3 is 0 Å². The van der Waals surface area contributed by atoms with Gasteiger partial charge in [0, 0.05) is 12.3 Å². The second-order valence-corrected chi connectivity index (χ2v) is 8.17. The summed E-state index contributed by atoms with van der Waals surface area (Å²) in [4.78, 5) is 0. The number of sulfone groups is 1. The third kappa shape index (κ3) is 4.59. The van der Waals surface area contributed by atoms with Crippen molar-refractivity contribution in [1.82, 2.24) is 5.32 Å². The predicted octanol–water partition coefficient (Wildman–Crippen LogP) is 2.61. The highest BCUT2D eigenvalue weighted by molar-refractivity contribution is 7.92. The van der Waals surface area contributed by atoms with E-state index in [4.69, 9.17) is 0 Å². The van der Waals surface area contributed by atoms with Gasteiger partial charge < -0.3 is 5.32 Å². The Morgan fingerprint density at radius 1 is 1.18 bits per heavy atom. The Hall–Kier alpha value is -0.0900. The SMILES string of the molecule is CCCNC(C(C)CCC)C(C)(C)S(C)(=O)=O. The Bertz CT molecular complexity index is 309. The molecule has 0 bridgehead atoms. The Morgan fingerprint density at radius 3 is 2.06 bits per heavy atom. The minimum Gasteiger partial charge on any atom is -0.312 e. The lowest BCUT2D eigenvalue weighted by molar-refractivity contribution is 0.297. The van der Waals surface area contributed by atoms with Gasteiger partial charge in [-0.2, -0.15) is 0 Å². The fourth-order valence-corrected chi connectivity index (χ4v) is 3.06. The van der Waals surface area contributed by atoms with Crippen molar-refractivity contribution < 1.29 is 8.42 Å². The van der Waals surface area contributed by atoms with Gasteiger partial charge in [-0.05, 0) is 39.2 Å². The molecule has 0 radical (unpaired) electrons. The Morgan fingerprint density at radius 2 is 1.71 bits per heavy atom. The molecule has 0 heterocycles. The third-order valence-corrected chi connectivity index (χ3v) is 5.80. The van der Waals surface area contributed by atoms with Crippen molar-refractivity contribution in [2.75, 3.05) is 12.8 Å². The van der Waals surface area contributed by atoms with E-state index in [0.29, 0.717) is 5.92 Å². The van der Waals surface area contributed by atoms with E-state index in [1.807, 2.05) is 13.8 Å². The van der Waals surface area contributed by atoms with Crippen LogP contribution < -0.4 is 5.32 Å². The lowest BCUT2D eigenvalue weighted by atomic mass is 9.88. The van der Waals surface area contributed by atoms with E-state index in [2.05, 4.69) is 26.1 Å². The predicted molar refractivity (Wildman–Crippen MR) is 75.1 cm³/mol. The molecule has 0 amide bonds. The van der Waals surface area contributed by atoms with Crippen LogP contribution in [0.5, 0.6) is 0 Å². The largest absolute Gasteiger partial charge is 0.312 e. The molecule has 0 aliphatic heterocycles. The topological polar surface area (TPSA) is 46.2 Å². The summed E-state index contributed by atoms with van der Waals surface area (Å²) in [5, 5.41) is 3.42. The van der Waals surface area contributed by atoms with Crippen LogP contribution in [0.2, 0.25) is 0 Å². The van der Waals surface area contributed by atoms with Crippen molar-refractivity contribution >= 4 is 9.84 Å². The summed E-state index contributed by atoms with van der Waals surface area (Å²) in [5.41, 5.74) is 0. The number of nitrogens with one attached hydrogen (secondary N) is 1. The summed E-state index contributed by atoms with van der Waals surface area (Å²) < 4.78 is 23.1. The van der Waals surface area contributed by atoms with E-state index in [9.17, 15) is 8.42 Å². The molecule has 0 aliphatic carbocycles. The van der Waals surface area contributed by atoms with Crippen molar-refractivity contribution in [2.24, 2.45) is 5.92 Å². The van der Waals surface area contributed by atoms with Gasteiger partial charge in [0.25, 0.3) is 0 Å². The first kappa shape index (κ1) is 16.9. The molecule has 0 spiro atoms. The molecule has 0 saturated carbocycles. The van der Waals surface area contributed by atoms with Crippen LogP contribution in [0.4, 0.5) is 0 Å². The van der Waals surface area contributed by atoms with Gasteiger partial charge in [0.1, 0.15) is 0 Å². The lowest BCUT2D eigenvalue weighted by Gasteiger charge is -2.37. The normalized spacial score (nSPS) is 16.8. The monoisotopic (exact) mass is 263 g/mol. The molecule has 4 heteroatoms. The highest BCUT2D eigenvalue weighted by Crippen LogP contribution is 2.27. The number of hydrogen-bond donors (Lipinski definition) is 1. The van der Waals surface area contributed by atoms with E-state index in [1.54, 1.807) is 0 Å². The first-order chi connectivity index (χ1) is 7.68. The molecule has 104 valence electrons. The molecular formula is C13H29NO2S. The molecule has 0 fully saturated rings. The quantitative estimate of drug-likeness (QED) is 0.732. The molecule has 0 rings (SSSR count). The summed E-state index contributed by atoms with van der Waals surface area (Å²) >= 11 is 0. The molecule has 0 aromatic rings. The molecule has 0 aliphatic rings. The number of hydrogen-bond acceptors (Lipinski definition) is 3. The highest BCUT2D eigenvalue weighted by atomic mass is 32.2. The van der Waals surface area contributed by atoms with Crippen LogP contribution in [0.1, 0.15) is 53.9 Å². The smallest absolute Gasteiger partial charge is 0.154 e. The van der Waals surface area contributed by atoms with Gasteiger partial charge in [-0.25, -0.2) is 8.42 Å². The maximum Gasteiger partial charge on any atom is 0.154 e. The van der Waals surface area contributed by atoms with Crippen LogP contribution in [-0.4, -0.2) is 32.0 Å². The lowest BCUT2D eigenvalue weighted by Crippen LogP contribution is -2.54. The molecule has 3 nitrogen and oxygen atoms in total. The highest BCUT2D eigenvalue weighted by Gasteiger charge is 2.40. The van der Waals surface area contributed by atoms with Crippen LogP contribution >= 0.6 is 0 Å². The minimum absolute atomic E-state index is 0.0254. The van der Waals surface area contributed by atoms with E-state index in [1.165, 1.54) is 6.26 Å². The zero-order chi connectivity index (χ0) is 13.7. The Balaban J connectivity index is 5.02. The van der Waals surface area contributed by atoms with Crippen LogP contribution in [0.15, 0.2) is 0 Å². The zero-order valence-corrected chi connectivity index (χ0v) is 13.0. The maximum absolute atomic E-state index is 11.9. The van der Waals surface area contributed by atoms with Crippen LogP contribution in [-0.2, 0) is 9.84 Å². The molecule has 0 aromatic carbocycles. The van der Waals surface area contributed by atoms with Crippen molar-refractivity contribution in [3.8, 4) is 0 Å². The molecule has 17 heavy (non-hydrogen) atoms. The molecular weight excluding hydrogens is 234 g/mol. The summed E-state index contributed by atoms with van der Waals surface area (Å²) in [6.07, 6.45) is 4.51. The van der Waals surface area contributed by atoms with Gasteiger partial charge in [-0.3, -0.25) is 0 Å². The minimum atomic E-state index is -3.06. The number of rotatable bonds is 8. The molecule has 1 N–H and O–H groups in total. The van der Waals surface area contributed by atoms with Gasteiger partial charge in [0.2, 0.25) is 0 Å². The fourth-order valence-electron chi connectivity index (χ4n) is 2.28. The maximum atomic E-state index is 11.9. The average molecular weight is 263 g/mol. The molecule has 2 unspecified atom stereocenters. The molecule has 0 saturated heterocycles. The molecule has 2 atom stereocenters. The standard InChI is InChI=1S/C13H29NO2S/c1-7-9-11(3)12(14-10-8-2)13(4,5)17(6,15)16/h11-12,14H,7-10H2,1-6H3. The first-order valence-corrected chi connectivity index (χ1v) is 8.50. The summed E-state index contributed by atoms with van der Waals surface area (Å²) in [6.45, 7) is 10.9. The van der Waals surface area contributed by atoms with Gasteiger partial charge in [-0.15, -0.1) is 0 Å². The summed E-state index contributed by atoms with van der Waals surface area (Å²) in [5.74, 6) is 0.372. The van der Waals surface area contributed by atoms with Crippen LogP contribution in [0.25, 0.3) is 0 Å². The summed E-state index contributed by atoms with van der Waals surface area (Å²) in [6, 6.07) is 0.0254. The van der Waals surface area contributed by atoms with Crippen molar-refractivity contribution in [3.05, 3.63) is 0 Å². The van der Waals surface area contributed by atoms with E-state index in [0.717, 1.165) is 25.8 Å². The second-order valence-electron chi connectivity index (χ2n) is 5.57. The van der Waals surface area contributed by atoms with E-state index in [-0.39, 0.29) is 6.04 Å². The van der Waals surface area contributed by atoms with Crippen molar-refractivity contribution in [1.29, 1.82) is 0 Å². The average Bonchev–Trinajstić information content (AvgIpc) is 2.16. The second kappa shape index (κ2) is 6.74. The van der Waals surface area contributed by atoms with Crippen molar-refractivity contribution in [3.63, 3.8) is 0 Å².